The summed E-state index contributed by atoms with van der Waals surface area (Å²) in [7, 11) is -1.94. The molecule has 202 valence electrons. The number of nitrogens with zero attached hydrogens (tertiary/aromatic N) is 1. The van der Waals surface area contributed by atoms with E-state index in [1.165, 1.54) is 6.26 Å². The Morgan fingerprint density at radius 3 is 2.34 bits per heavy atom. The van der Waals surface area contributed by atoms with E-state index in [0.29, 0.717) is 17.9 Å². The highest BCUT2D eigenvalue weighted by atomic mass is 32.2. The van der Waals surface area contributed by atoms with Crippen LogP contribution in [-0.2, 0) is 39.1 Å². The van der Waals surface area contributed by atoms with Crippen LogP contribution in [0.25, 0.3) is 0 Å². The number of aryl methyl sites for hydroxylation is 1. The number of amides is 2. The number of hydrogen-bond donors (Lipinski definition) is 2. The van der Waals surface area contributed by atoms with Gasteiger partial charge in [-0.15, -0.1) is 0 Å². The first-order valence-corrected chi connectivity index (χ1v) is 14.1. The van der Waals surface area contributed by atoms with Crippen molar-refractivity contribution in [3.05, 3.63) is 83.8 Å². The lowest BCUT2D eigenvalue weighted by atomic mass is 10.1. The predicted octanol–water partition coefficient (Wildman–Crippen LogP) is 3.40. The lowest BCUT2D eigenvalue weighted by Crippen LogP contribution is -2.47. The molecule has 1 saturated carbocycles. The summed E-state index contributed by atoms with van der Waals surface area (Å²) in [5.74, 6) is 0.847. The van der Waals surface area contributed by atoms with Gasteiger partial charge in [0, 0.05) is 19.0 Å². The molecule has 2 aromatic carbocycles. The third-order valence-corrected chi connectivity index (χ3v) is 7.99. The second-order valence-electron chi connectivity index (χ2n) is 9.38. The molecule has 1 aliphatic carbocycles. The van der Waals surface area contributed by atoms with Gasteiger partial charge in [0.2, 0.25) is 21.8 Å². The van der Waals surface area contributed by atoms with Gasteiger partial charge in [0.25, 0.3) is 0 Å². The van der Waals surface area contributed by atoms with Crippen LogP contribution in [0.1, 0.15) is 43.1 Å². The van der Waals surface area contributed by atoms with Gasteiger partial charge in [-0.1, -0.05) is 24.3 Å². The number of sulfonamides is 1. The Hall–Kier alpha value is -3.63. The van der Waals surface area contributed by atoms with Gasteiger partial charge >= 0.3 is 0 Å². The van der Waals surface area contributed by atoms with Crippen molar-refractivity contribution in [3.63, 3.8) is 0 Å². The average molecular weight is 540 g/mol. The quantitative estimate of drug-likeness (QED) is 0.344. The normalized spacial score (nSPS) is 14.1. The lowest BCUT2D eigenvalue weighted by Gasteiger charge is -2.29. The minimum atomic E-state index is -3.53. The smallest absolute Gasteiger partial charge is 0.242 e. The number of benzene rings is 2. The molecule has 3 aromatic rings. The molecule has 0 bridgehead atoms. The van der Waals surface area contributed by atoms with Crippen molar-refractivity contribution in [1.29, 1.82) is 0 Å². The van der Waals surface area contributed by atoms with Crippen LogP contribution in [0, 0.1) is 0 Å². The topological polar surface area (TPSA) is 118 Å². The number of furan rings is 1. The SMILES string of the molecule is COc1ccc(CN(C(=O)CCc2ccc(S(=O)(=O)NC3CC3)cc2)[C@@H](C)C(=O)NCc2ccco2)cc1. The fourth-order valence-electron chi connectivity index (χ4n) is 3.96. The second-order valence-corrected chi connectivity index (χ2v) is 11.1. The van der Waals surface area contributed by atoms with Crippen LogP contribution in [0.3, 0.4) is 0 Å². The molecule has 0 unspecified atom stereocenters. The fourth-order valence-corrected chi connectivity index (χ4v) is 5.27. The molecule has 1 aromatic heterocycles. The van der Waals surface area contributed by atoms with E-state index in [1.807, 2.05) is 24.3 Å². The molecule has 1 heterocycles. The van der Waals surface area contributed by atoms with E-state index in [2.05, 4.69) is 10.0 Å². The van der Waals surface area contributed by atoms with Crippen molar-refractivity contribution in [2.24, 2.45) is 0 Å². The molecule has 1 atom stereocenters. The van der Waals surface area contributed by atoms with E-state index < -0.39 is 16.1 Å². The van der Waals surface area contributed by atoms with Crippen LogP contribution < -0.4 is 14.8 Å². The van der Waals surface area contributed by atoms with Gasteiger partial charge in [-0.2, -0.15) is 0 Å². The van der Waals surface area contributed by atoms with Crippen LogP contribution in [-0.4, -0.2) is 44.3 Å². The number of hydrogen-bond acceptors (Lipinski definition) is 6. The van der Waals surface area contributed by atoms with Gasteiger partial charge in [-0.05, 0) is 73.7 Å². The van der Waals surface area contributed by atoms with E-state index in [-0.39, 0.29) is 42.3 Å². The zero-order chi connectivity index (χ0) is 27.1. The molecule has 10 heteroatoms. The number of carbonyl (C=O) groups excluding carboxylic acids is 2. The molecule has 0 spiro atoms. The van der Waals surface area contributed by atoms with Gasteiger partial charge in [-0.3, -0.25) is 9.59 Å². The molecule has 4 rings (SSSR count). The Bertz CT molecular complexity index is 1320. The van der Waals surface area contributed by atoms with Crippen LogP contribution in [0.2, 0.25) is 0 Å². The van der Waals surface area contributed by atoms with Crippen molar-refractivity contribution in [3.8, 4) is 5.75 Å². The van der Waals surface area contributed by atoms with Crippen molar-refractivity contribution >= 4 is 21.8 Å². The average Bonchev–Trinajstić information content (AvgIpc) is 3.57. The summed E-state index contributed by atoms with van der Waals surface area (Å²) >= 11 is 0. The third-order valence-electron chi connectivity index (χ3n) is 6.46. The molecular weight excluding hydrogens is 506 g/mol. The number of nitrogens with one attached hydrogen (secondary N) is 2. The largest absolute Gasteiger partial charge is 0.497 e. The highest BCUT2D eigenvalue weighted by Gasteiger charge is 2.28. The first-order chi connectivity index (χ1) is 18.2. The maximum Gasteiger partial charge on any atom is 0.242 e. The molecule has 1 fully saturated rings. The first kappa shape index (κ1) is 27.4. The molecule has 38 heavy (non-hydrogen) atoms. The van der Waals surface area contributed by atoms with Gasteiger partial charge in [0.1, 0.15) is 17.6 Å². The van der Waals surface area contributed by atoms with Crippen molar-refractivity contribution in [2.75, 3.05) is 7.11 Å². The monoisotopic (exact) mass is 539 g/mol. The van der Waals surface area contributed by atoms with Crippen molar-refractivity contribution < 1.29 is 27.2 Å². The molecule has 2 amide bonds. The van der Waals surface area contributed by atoms with Gasteiger partial charge in [0.15, 0.2) is 0 Å². The second kappa shape index (κ2) is 12.3. The molecule has 1 aliphatic rings. The van der Waals surface area contributed by atoms with E-state index in [9.17, 15) is 18.0 Å². The number of methoxy groups -OCH3 is 1. The number of carbonyl (C=O) groups is 2. The zero-order valence-corrected chi connectivity index (χ0v) is 22.4. The minimum Gasteiger partial charge on any atom is -0.497 e. The maximum absolute atomic E-state index is 13.4. The Morgan fingerprint density at radius 2 is 1.74 bits per heavy atom. The van der Waals surface area contributed by atoms with Crippen LogP contribution in [0.5, 0.6) is 5.75 Å². The van der Waals surface area contributed by atoms with E-state index in [4.69, 9.17) is 9.15 Å². The molecular formula is C28H33N3O6S. The Balaban J connectivity index is 1.41. The fraction of sp³-hybridized carbons (Fsp3) is 0.357. The summed E-state index contributed by atoms with van der Waals surface area (Å²) in [6.45, 7) is 2.18. The minimum absolute atomic E-state index is 0.0345. The van der Waals surface area contributed by atoms with Gasteiger partial charge in [0.05, 0.1) is 24.8 Å². The molecule has 2 N–H and O–H groups in total. The number of rotatable bonds is 13. The highest BCUT2D eigenvalue weighted by Crippen LogP contribution is 2.23. The molecule has 9 nitrogen and oxygen atoms in total. The van der Waals surface area contributed by atoms with Crippen molar-refractivity contribution in [1.82, 2.24) is 14.9 Å². The Labute approximate surface area is 223 Å². The Morgan fingerprint density at radius 1 is 1.05 bits per heavy atom. The van der Waals surface area contributed by atoms with Crippen LogP contribution in [0.15, 0.2) is 76.2 Å². The van der Waals surface area contributed by atoms with Crippen molar-refractivity contribution in [2.45, 2.75) is 62.7 Å². The zero-order valence-electron chi connectivity index (χ0n) is 21.6. The first-order valence-electron chi connectivity index (χ1n) is 12.6. The summed E-state index contributed by atoms with van der Waals surface area (Å²) < 4.78 is 38.0. The summed E-state index contributed by atoms with van der Waals surface area (Å²) in [6.07, 6.45) is 3.85. The third kappa shape index (κ3) is 7.45. The standard InChI is InChI=1S/C28H33N3O6S/c1-20(28(33)29-18-25-4-3-17-37-25)31(19-22-5-12-24(36-2)13-6-22)27(32)16-9-21-7-14-26(15-8-21)38(34,35)30-23-10-11-23/h3-8,12-15,17,20,23,30H,9-11,16,18-19H2,1-2H3,(H,29,33)/t20-/m0/s1. The van der Waals surface area contributed by atoms with E-state index in [0.717, 1.165) is 24.0 Å². The summed E-state index contributed by atoms with van der Waals surface area (Å²) in [5.41, 5.74) is 1.70. The highest BCUT2D eigenvalue weighted by molar-refractivity contribution is 7.89. The van der Waals surface area contributed by atoms with E-state index in [1.54, 1.807) is 55.3 Å². The summed E-state index contributed by atoms with van der Waals surface area (Å²) in [5, 5.41) is 2.83. The molecule has 0 saturated heterocycles. The predicted molar refractivity (Wildman–Crippen MR) is 142 cm³/mol. The van der Waals surface area contributed by atoms with Gasteiger partial charge in [-0.25, -0.2) is 13.1 Å². The van der Waals surface area contributed by atoms with Crippen LogP contribution in [0.4, 0.5) is 0 Å². The lowest BCUT2D eigenvalue weighted by molar-refractivity contribution is -0.140. The van der Waals surface area contributed by atoms with Gasteiger partial charge < -0.3 is 19.4 Å². The number of ether oxygens (including phenoxy) is 1. The maximum atomic E-state index is 13.4. The Kier molecular flexibility index (Phi) is 8.85. The molecule has 0 radical (unpaired) electrons. The summed E-state index contributed by atoms with van der Waals surface area (Å²) in [4.78, 5) is 28.1. The summed E-state index contributed by atoms with van der Waals surface area (Å²) in [6, 6.07) is 16.7. The van der Waals surface area contributed by atoms with E-state index >= 15 is 0 Å². The molecule has 0 aliphatic heterocycles. The van der Waals surface area contributed by atoms with Crippen LogP contribution >= 0.6 is 0 Å².